The van der Waals surface area contributed by atoms with E-state index in [1.165, 1.54) is 6.07 Å². The Bertz CT molecular complexity index is 582. The van der Waals surface area contributed by atoms with Gasteiger partial charge < -0.3 is 4.74 Å². The summed E-state index contributed by atoms with van der Waals surface area (Å²) in [5.41, 5.74) is -0.977. The number of hydrogen-bond acceptors (Lipinski definition) is 2. The number of benzene rings is 1. The molecule has 1 aromatic carbocycles. The minimum atomic E-state index is -4.27. The third-order valence-electron chi connectivity index (χ3n) is 4.32. The molecular weight excluding hydrogens is 288 g/mol. The molecule has 1 aliphatic carbocycles. The summed E-state index contributed by atoms with van der Waals surface area (Å²) in [5, 5.41) is 0. The van der Waals surface area contributed by atoms with Crippen molar-refractivity contribution in [3.8, 4) is 5.75 Å². The fraction of sp³-hybridized carbons (Fsp3) is 0.533. The molecule has 21 heavy (non-hydrogen) atoms. The lowest BCUT2D eigenvalue weighted by Crippen LogP contribution is -2.48. The SMILES string of the molecule is O=C1CC2(CCCC(C(F)(F)F)C2)Oc2ccc(F)cc21. The van der Waals surface area contributed by atoms with Gasteiger partial charge >= 0.3 is 6.18 Å². The largest absolute Gasteiger partial charge is 0.486 e. The molecule has 1 fully saturated rings. The Morgan fingerprint density at radius 3 is 2.76 bits per heavy atom. The predicted molar refractivity (Wildman–Crippen MR) is 66.7 cm³/mol. The smallest absolute Gasteiger partial charge is 0.391 e. The summed E-state index contributed by atoms with van der Waals surface area (Å²) in [6, 6.07) is 3.55. The van der Waals surface area contributed by atoms with Crippen LogP contribution in [0.3, 0.4) is 0 Å². The summed E-state index contributed by atoms with van der Waals surface area (Å²) in [5.74, 6) is -2.16. The maximum Gasteiger partial charge on any atom is 0.391 e. The Balaban J connectivity index is 1.90. The second-order valence-electron chi connectivity index (χ2n) is 5.86. The third kappa shape index (κ3) is 2.63. The first-order valence-corrected chi connectivity index (χ1v) is 6.88. The van der Waals surface area contributed by atoms with E-state index in [0.717, 1.165) is 12.1 Å². The van der Waals surface area contributed by atoms with Crippen molar-refractivity contribution in [1.29, 1.82) is 0 Å². The number of ether oxygens (including phenoxy) is 1. The lowest BCUT2D eigenvalue weighted by atomic mass is 9.73. The highest BCUT2D eigenvalue weighted by atomic mass is 19.4. The van der Waals surface area contributed by atoms with Gasteiger partial charge in [-0.15, -0.1) is 0 Å². The number of carbonyl (C=O) groups excluding carboxylic acids is 1. The van der Waals surface area contributed by atoms with Crippen LogP contribution in [0.25, 0.3) is 0 Å². The van der Waals surface area contributed by atoms with Gasteiger partial charge in [0, 0.05) is 0 Å². The van der Waals surface area contributed by atoms with Crippen LogP contribution < -0.4 is 4.74 Å². The van der Waals surface area contributed by atoms with E-state index in [4.69, 9.17) is 4.74 Å². The second kappa shape index (κ2) is 4.71. The first-order chi connectivity index (χ1) is 9.79. The molecule has 2 unspecified atom stereocenters. The van der Waals surface area contributed by atoms with E-state index in [1.807, 2.05) is 0 Å². The van der Waals surface area contributed by atoms with E-state index < -0.39 is 23.5 Å². The van der Waals surface area contributed by atoms with Crippen molar-refractivity contribution in [3.63, 3.8) is 0 Å². The first kappa shape index (κ1) is 14.4. The average Bonchev–Trinajstić information content (AvgIpc) is 2.39. The van der Waals surface area contributed by atoms with Gasteiger partial charge in [-0.05, 0) is 43.9 Å². The standard InChI is InChI=1S/C15H14F4O2/c16-10-3-4-13-11(6-10)12(20)8-14(21-13)5-1-2-9(7-14)15(17,18)19/h3-4,6,9H,1-2,5,7-8H2. The quantitative estimate of drug-likeness (QED) is 0.669. The highest BCUT2D eigenvalue weighted by molar-refractivity contribution is 6.00. The van der Waals surface area contributed by atoms with Gasteiger partial charge in [0.05, 0.1) is 17.9 Å². The van der Waals surface area contributed by atoms with E-state index in [0.29, 0.717) is 12.8 Å². The Morgan fingerprint density at radius 1 is 1.29 bits per heavy atom. The summed E-state index contributed by atoms with van der Waals surface area (Å²) in [6.45, 7) is 0. The lowest BCUT2D eigenvalue weighted by molar-refractivity contribution is -0.197. The summed E-state index contributed by atoms with van der Waals surface area (Å²) >= 11 is 0. The van der Waals surface area contributed by atoms with Gasteiger partial charge in [0.15, 0.2) is 5.78 Å². The molecule has 1 heterocycles. The van der Waals surface area contributed by atoms with Crippen LogP contribution >= 0.6 is 0 Å². The van der Waals surface area contributed by atoms with Crippen molar-refractivity contribution >= 4 is 5.78 Å². The molecule has 114 valence electrons. The number of rotatable bonds is 0. The van der Waals surface area contributed by atoms with Crippen LogP contribution in [0.4, 0.5) is 17.6 Å². The summed E-state index contributed by atoms with van der Waals surface area (Å²) < 4.78 is 57.7. The van der Waals surface area contributed by atoms with Gasteiger partial charge in [0.25, 0.3) is 0 Å². The molecular formula is C15H14F4O2. The van der Waals surface area contributed by atoms with Gasteiger partial charge in [-0.25, -0.2) is 4.39 Å². The molecule has 3 rings (SSSR count). The number of alkyl halides is 3. The fourth-order valence-electron chi connectivity index (χ4n) is 3.32. The van der Waals surface area contributed by atoms with Gasteiger partial charge in [-0.3, -0.25) is 4.79 Å². The van der Waals surface area contributed by atoms with Crippen molar-refractivity contribution in [2.75, 3.05) is 0 Å². The minimum absolute atomic E-state index is 0.0685. The molecule has 1 aliphatic heterocycles. The highest BCUT2D eigenvalue weighted by Gasteiger charge is 2.51. The van der Waals surface area contributed by atoms with Crippen LogP contribution in [0.5, 0.6) is 5.75 Å². The van der Waals surface area contributed by atoms with E-state index in [1.54, 1.807) is 0 Å². The molecule has 0 bridgehead atoms. The zero-order chi connectivity index (χ0) is 15.3. The highest BCUT2D eigenvalue weighted by Crippen LogP contribution is 2.47. The van der Waals surface area contributed by atoms with Crippen molar-refractivity contribution in [3.05, 3.63) is 29.6 Å². The molecule has 2 nitrogen and oxygen atoms in total. The normalized spacial score (nSPS) is 29.1. The number of fused-ring (bicyclic) bond motifs is 1. The molecule has 2 aliphatic rings. The first-order valence-electron chi connectivity index (χ1n) is 6.88. The zero-order valence-electron chi connectivity index (χ0n) is 11.2. The molecule has 0 radical (unpaired) electrons. The van der Waals surface area contributed by atoms with Gasteiger partial charge in [0.2, 0.25) is 0 Å². The lowest BCUT2D eigenvalue weighted by Gasteiger charge is -2.43. The van der Waals surface area contributed by atoms with E-state index in [2.05, 4.69) is 0 Å². The number of carbonyl (C=O) groups is 1. The summed E-state index contributed by atoms with van der Waals surface area (Å²) in [6.07, 6.45) is -3.74. The summed E-state index contributed by atoms with van der Waals surface area (Å²) in [4.78, 5) is 12.1. The van der Waals surface area contributed by atoms with E-state index >= 15 is 0 Å². The van der Waals surface area contributed by atoms with Crippen molar-refractivity contribution < 1.29 is 27.1 Å². The molecule has 1 spiro atoms. The van der Waals surface area contributed by atoms with Gasteiger partial charge in [0.1, 0.15) is 17.2 Å². The Morgan fingerprint density at radius 2 is 2.05 bits per heavy atom. The van der Waals surface area contributed by atoms with Crippen LogP contribution in [0.2, 0.25) is 0 Å². The van der Waals surface area contributed by atoms with Crippen LogP contribution in [0.15, 0.2) is 18.2 Å². The van der Waals surface area contributed by atoms with Crippen molar-refractivity contribution in [2.24, 2.45) is 5.92 Å². The van der Waals surface area contributed by atoms with Crippen LogP contribution in [0, 0.1) is 11.7 Å². The van der Waals surface area contributed by atoms with Gasteiger partial charge in [-0.2, -0.15) is 13.2 Å². The van der Waals surface area contributed by atoms with Crippen LogP contribution in [0.1, 0.15) is 42.5 Å². The molecule has 6 heteroatoms. The Kier molecular flexibility index (Phi) is 3.22. The average molecular weight is 302 g/mol. The minimum Gasteiger partial charge on any atom is -0.486 e. The molecule has 0 amide bonds. The fourth-order valence-corrected chi connectivity index (χ4v) is 3.32. The van der Waals surface area contributed by atoms with Crippen LogP contribution in [-0.4, -0.2) is 17.6 Å². The second-order valence-corrected chi connectivity index (χ2v) is 5.86. The number of hydrogen-bond donors (Lipinski definition) is 0. The number of ketones is 1. The topological polar surface area (TPSA) is 26.3 Å². The van der Waals surface area contributed by atoms with Gasteiger partial charge in [-0.1, -0.05) is 0 Å². The Labute approximate surface area is 119 Å². The maximum absolute atomic E-state index is 13.2. The molecule has 1 aromatic rings. The van der Waals surface area contributed by atoms with Crippen LogP contribution in [-0.2, 0) is 0 Å². The maximum atomic E-state index is 13.2. The number of Topliss-reactive ketones (excluding diaryl/α,β-unsaturated/α-hetero) is 1. The zero-order valence-corrected chi connectivity index (χ0v) is 11.2. The molecule has 1 saturated carbocycles. The summed E-state index contributed by atoms with van der Waals surface area (Å²) in [7, 11) is 0. The predicted octanol–water partition coefficient (Wildman–Crippen LogP) is 4.28. The van der Waals surface area contributed by atoms with Crippen molar-refractivity contribution in [2.45, 2.75) is 43.9 Å². The Hall–Kier alpha value is -1.59. The molecule has 0 N–H and O–H groups in total. The molecule has 0 aromatic heterocycles. The van der Waals surface area contributed by atoms with E-state index in [9.17, 15) is 22.4 Å². The molecule has 2 atom stereocenters. The van der Waals surface area contributed by atoms with E-state index in [-0.39, 0.29) is 36.4 Å². The third-order valence-corrected chi connectivity index (χ3v) is 4.32. The number of halogens is 4. The monoisotopic (exact) mass is 302 g/mol. The molecule has 0 saturated heterocycles. The van der Waals surface area contributed by atoms with Crippen molar-refractivity contribution in [1.82, 2.24) is 0 Å².